The van der Waals surface area contributed by atoms with Crippen LogP contribution in [0.15, 0.2) is 22.7 Å². The number of rotatable bonds is 3. The molecule has 0 amide bonds. The maximum atomic E-state index is 6.20. The molecule has 1 aliphatic carbocycles. The molecule has 1 aromatic heterocycles. The van der Waals surface area contributed by atoms with E-state index in [1.807, 2.05) is 6.07 Å². The minimum atomic E-state index is 0.425. The summed E-state index contributed by atoms with van der Waals surface area (Å²) in [7, 11) is 1.59. The fourth-order valence-corrected chi connectivity index (χ4v) is 2.87. The largest absolute Gasteiger partial charge is 0.496 e. The van der Waals surface area contributed by atoms with E-state index < -0.39 is 0 Å². The van der Waals surface area contributed by atoms with E-state index >= 15 is 0 Å². The fraction of sp³-hybridized carbons (Fsp3) is 0.286. The highest BCUT2D eigenvalue weighted by Gasteiger charge is 2.29. The van der Waals surface area contributed by atoms with E-state index in [0.29, 0.717) is 27.7 Å². The van der Waals surface area contributed by atoms with Crippen molar-refractivity contribution in [2.75, 3.05) is 7.11 Å². The zero-order valence-electron chi connectivity index (χ0n) is 10.7. The van der Waals surface area contributed by atoms with Gasteiger partial charge in [-0.1, -0.05) is 23.2 Å². The second kappa shape index (κ2) is 5.51. The Bertz CT molecular complexity index is 674. The van der Waals surface area contributed by atoms with Crippen molar-refractivity contribution in [1.82, 2.24) is 9.97 Å². The number of halogens is 3. The fourth-order valence-electron chi connectivity index (χ4n) is 2.03. The lowest BCUT2D eigenvalue weighted by Gasteiger charge is -2.11. The van der Waals surface area contributed by atoms with Crippen molar-refractivity contribution in [2.24, 2.45) is 0 Å². The zero-order valence-corrected chi connectivity index (χ0v) is 13.8. The summed E-state index contributed by atoms with van der Waals surface area (Å²) < 4.78 is 6.14. The van der Waals surface area contributed by atoms with Crippen LogP contribution in [0.4, 0.5) is 0 Å². The van der Waals surface area contributed by atoms with Crippen molar-refractivity contribution in [1.29, 1.82) is 0 Å². The molecule has 1 heterocycles. The number of hydrogen-bond donors (Lipinski definition) is 0. The first kappa shape index (κ1) is 14.1. The monoisotopic (exact) mass is 372 g/mol. The van der Waals surface area contributed by atoms with Gasteiger partial charge in [0.2, 0.25) is 0 Å². The number of benzene rings is 1. The third-order valence-corrected chi connectivity index (χ3v) is 4.72. The molecular weight excluding hydrogens is 363 g/mol. The van der Waals surface area contributed by atoms with E-state index in [1.165, 1.54) is 0 Å². The lowest BCUT2D eigenvalue weighted by Crippen LogP contribution is -1.99. The third kappa shape index (κ3) is 2.65. The molecule has 0 atom stereocenters. The first-order valence-corrected chi connectivity index (χ1v) is 7.72. The van der Waals surface area contributed by atoms with E-state index in [4.69, 9.17) is 27.9 Å². The molecule has 3 nitrogen and oxygen atoms in total. The highest BCUT2D eigenvalue weighted by atomic mass is 79.9. The summed E-state index contributed by atoms with van der Waals surface area (Å²) in [5.41, 5.74) is 1.75. The van der Waals surface area contributed by atoms with Crippen LogP contribution in [-0.2, 0) is 0 Å². The Kier molecular flexibility index (Phi) is 3.89. The Morgan fingerprint density at radius 3 is 2.65 bits per heavy atom. The Balaban J connectivity index is 2.15. The summed E-state index contributed by atoms with van der Waals surface area (Å²) in [4.78, 5) is 8.97. The van der Waals surface area contributed by atoms with Crippen LogP contribution < -0.4 is 4.74 Å². The van der Waals surface area contributed by atoms with Crippen LogP contribution >= 0.6 is 39.1 Å². The molecule has 0 radical (unpaired) electrons. The van der Waals surface area contributed by atoms with Gasteiger partial charge in [-0.05, 0) is 47.0 Å². The van der Waals surface area contributed by atoms with Crippen LogP contribution in [0.5, 0.6) is 5.75 Å². The maximum absolute atomic E-state index is 6.20. The molecule has 1 aliphatic rings. The van der Waals surface area contributed by atoms with Crippen LogP contribution in [0, 0.1) is 0 Å². The first-order chi connectivity index (χ1) is 9.60. The molecule has 2 aromatic rings. The summed E-state index contributed by atoms with van der Waals surface area (Å²) in [6, 6.07) is 5.37. The van der Waals surface area contributed by atoms with E-state index in [-0.39, 0.29) is 0 Å². The van der Waals surface area contributed by atoms with Crippen LogP contribution in [0.25, 0.3) is 11.4 Å². The van der Waals surface area contributed by atoms with Gasteiger partial charge < -0.3 is 4.74 Å². The van der Waals surface area contributed by atoms with Crippen molar-refractivity contribution in [2.45, 2.75) is 18.8 Å². The van der Waals surface area contributed by atoms with Gasteiger partial charge in [0.05, 0.1) is 22.8 Å². The molecule has 104 valence electrons. The average Bonchev–Trinajstić information content (AvgIpc) is 3.26. The van der Waals surface area contributed by atoms with Crippen molar-refractivity contribution in [3.05, 3.63) is 38.5 Å². The number of aromatic nitrogens is 2. The smallest absolute Gasteiger partial charge is 0.164 e. The molecule has 0 bridgehead atoms. The molecule has 3 rings (SSSR count). The predicted molar refractivity (Wildman–Crippen MR) is 83.7 cm³/mol. The second-order valence-electron chi connectivity index (χ2n) is 4.66. The zero-order chi connectivity index (χ0) is 14.3. The molecule has 0 aliphatic heterocycles. The average molecular weight is 374 g/mol. The highest BCUT2D eigenvalue weighted by molar-refractivity contribution is 9.10. The van der Waals surface area contributed by atoms with Gasteiger partial charge in [0.1, 0.15) is 10.9 Å². The molecular formula is C14H11BrCl2N2O. The lowest BCUT2D eigenvalue weighted by atomic mass is 10.1. The highest BCUT2D eigenvalue weighted by Crippen LogP contribution is 2.44. The standard InChI is InChI=1S/C14H11BrCl2N2O/c1-20-10-6-8(16)4-5-9(10)14-18-12(7-2-3-7)11(15)13(17)19-14/h4-7H,2-3H2,1H3. The molecule has 1 saturated carbocycles. The van der Waals surface area contributed by atoms with Crippen molar-refractivity contribution < 1.29 is 4.74 Å². The van der Waals surface area contributed by atoms with Crippen LogP contribution in [0.2, 0.25) is 10.2 Å². The van der Waals surface area contributed by atoms with Gasteiger partial charge in [-0.3, -0.25) is 0 Å². The van der Waals surface area contributed by atoms with Gasteiger partial charge in [0.25, 0.3) is 0 Å². The Morgan fingerprint density at radius 1 is 1.25 bits per heavy atom. The summed E-state index contributed by atoms with van der Waals surface area (Å²) in [6.07, 6.45) is 2.28. The van der Waals surface area contributed by atoms with Gasteiger partial charge in [-0.25, -0.2) is 9.97 Å². The lowest BCUT2D eigenvalue weighted by molar-refractivity contribution is 0.416. The third-order valence-electron chi connectivity index (χ3n) is 3.20. The number of hydrogen-bond acceptors (Lipinski definition) is 3. The maximum Gasteiger partial charge on any atom is 0.164 e. The van der Waals surface area contributed by atoms with Gasteiger partial charge >= 0.3 is 0 Å². The second-order valence-corrected chi connectivity index (χ2v) is 6.24. The molecule has 0 spiro atoms. The van der Waals surface area contributed by atoms with E-state index in [1.54, 1.807) is 19.2 Å². The topological polar surface area (TPSA) is 35.0 Å². The van der Waals surface area contributed by atoms with Crippen LogP contribution in [-0.4, -0.2) is 17.1 Å². The van der Waals surface area contributed by atoms with Crippen molar-refractivity contribution in [3.8, 4) is 17.1 Å². The quantitative estimate of drug-likeness (QED) is 0.702. The Morgan fingerprint density at radius 2 is 2.00 bits per heavy atom. The normalized spacial score (nSPS) is 14.4. The predicted octanol–water partition coefficient (Wildman–Crippen LogP) is 5.10. The molecule has 0 N–H and O–H groups in total. The van der Waals surface area contributed by atoms with Gasteiger partial charge in [0, 0.05) is 10.9 Å². The summed E-state index contributed by atoms with van der Waals surface area (Å²) >= 11 is 15.6. The first-order valence-electron chi connectivity index (χ1n) is 6.17. The Labute approximate surface area is 135 Å². The molecule has 0 unspecified atom stereocenters. The van der Waals surface area contributed by atoms with Crippen LogP contribution in [0.3, 0.4) is 0 Å². The van der Waals surface area contributed by atoms with Crippen LogP contribution in [0.1, 0.15) is 24.5 Å². The summed E-state index contributed by atoms with van der Waals surface area (Å²) in [5.74, 6) is 1.67. The minimum Gasteiger partial charge on any atom is -0.496 e. The number of ether oxygens (including phenoxy) is 1. The Hall–Kier alpha value is -0.840. The van der Waals surface area contributed by atoms with E-state index in [0.717, 1.165) is 28.6 Å². The van der Waals surface area contributed by atoms with E-state index in [9.17, 15) is 0 Å². The van der Waals surface area contributed by atoms with Gasteiger partial charge in [0.15, 0.2) is 5.82 Å². The van der Waals surface area contributed by atoms with E-state index in [2.05, 4.69) is 25.9 Å². The SMILES string of the molecule is COc1cc(Cl)ccc1-c1nc(Cl)c(Br)c(C2CC2)n1. The number of nitrogens with zero attached hydrogens (tertiary/aromatic N) is 2. The molecule has 1 aromatic carbocycles. The minimum absolute atomic E-state index is 0.425. The van der Waals surface area contributed by atoms with Gasteiger partial charge in [-0.15, -0.1) is 0 Å². The summed E-state index contributed by atoms with van der Waals surface area (Å²) in [6.45, 7) is 0. The molecule has 20 heavy (non-hydrogen) atoms. The number of methoxy groups -OCH3 is 1. The summed E-state index contributed by atoms with van der Waals surface area (Å²) in [5, 5.41) is 1.03. The molecule has 6 heteroatoms. The van der Waals surface area contributed by atoms with Crippen molar-refractivity contribution in [3.63, 3.8) is 0 Å². The van der Waals surface area contributed by atoms with Crippen molar-refractivity contribution >= 4 is 39.1 Å². The van der Waals surface area contributed by atoms with Gasteiger partial charge in [-0.2, -0.15) is 0 Å². The molecule has 1 fully saturated rings. The molecule has 0 saturated heterocycles.